The summed E-state index contributed by atoms with van der Waals surface area (Å²) in [5.41, 5.74) is -0.0119. The standard InChI is InChI=1S/C21H22Cl2N4O3S/c1-12-4-2-3-7-21(12)18(29)27(20(30)26-21)11-17(28)25-19-24-10-15(31-19)9-13-8-14(22)5-6-16(13)23/h5-6,8,10,12H,2-4,7,9,11H2,1H3,(H,26,30)(H,24,25,28). The van der Waals surface area contributed by atoms with Crippen molar-refractivity contribution >= 4 is 57.5 Å². The van der Waals surface area contributed by atoms with Crippen LogP contribution >= 0.6 is 34.5 Å². The Morgan fingerprint density at radius 2 is 2.16 bits per heavy atom. The van der Waals surface area contributed by atoms with E-state index in [4.69, 9.17) is 23.2 Å². The fourth-order valence-corrected chi connectivity index (χ4v) is 5.49. The SMILES string of the molecule is CC1CCCCC12NC(=O)N(CC(=O)Nc1ncc(Cc3cc(Cl)ccc3Cl)s1)C2=O. The van der Waals surface area contributed by atoms with Gasteiger partial charge in [0.25, 0.3) is 5.91 Å². The van der Waals surface area contributed by atoms with Crippen molar-refractivity contribution in [3.8, 4) is 0 Å². The Labute approximate surface area is 194 Å². The van der Waals surface area contributed by atoms with Gasteiger partial charge in [0.15, 0.2) is 5.13 Å². The molecule has 4 amide bonds. The van der Waals surface area contributed by atoms with Gasteiger partial charge in [-0.15, -0.1) is 11.3 Å². The van der Waals surface area contributed by atoms with Crippen molar-refractivity contribution in [2.45, 2.75) is 44.6 Å². The van der Waals surface area contributed by atoms with E-state index in [2.05, 4.69) is 15.6 Å². The van der Waals surface area contributed by atoms with Gasteiger partial charge in [-0.3, -0.25) is 14.5 Å². The second-order valence-corrected chi connectivity index (χ2v) is 9.99. The topological polar surface area (TPSA) is 91.4 Å². The molecule has 1 aliphatic heterocycles. The number of hydrogen-bond acceptors (Lipinski definition) is 5. The highest BCUT2D eigenvalue weighted by Gasteiger charge is 2.55. The van der Waals surface area contributed by atoms with Crippen molar-refractivity contribution in [3.63, 3.8) is 0 Å². The summed E-state index contributed by atoms with van der Waals surface area (Å²) in [4.78, 5) is 44.1. The highest BCUT2D eigenvalue weighted by molar-refractivity contribution is 7.15. The van der Waals surface area contributed by atoms with Crippen molar-refractivity contribution in [1.29, 1.82) is 0 Å². The van der Waals surface area contributed by atoms with Gasteiger partial charge >= 0.3 is 6.03 Å². The molecule has 2 aliphatic rings. The van der Waals surface area contributed by atoms with E-state index >= 15 is 0 Å². The van der Waals surface area contributed by atoms with E-state index in [1.54, 1.807) is 24.4 Å². The third-order valence-electron chi connectivity index (χ3n) is 5.98. The van der Waals surface area contributed by atoms with E-state index in [1.807, 2.05) is 6.92 Å². The van der Waals surface area contributed by atoms with Gasteiger partial charge in [-0.05, 0) is 42.5 Å². The molecule has 31 heavy (non-hydrogen) atoms. The van der Waals surface area contributed by atoms with Crippen LogP contribution in [0.15, 0.2) is 24.4 Å². The van der Waals surface area contributed by atoms with Crippen molar-refractivity contribution in [1.82, 2.24) is 15.2 Å². The molecule has 4 rings (SSSR count). The summed E-state index contributed by atoms with van der Waals surface area (Å²) < 4.78 is 0. The number of urea groups is 1. The zero-order valence-corrected chi connectivity index (χ0v) is 19.2. The third kappa shape index (κ3) is 4.42. The molecule has 1 spiro atoms. The smallest absolute Gasteiger partial charge is 0.323 e. The summed E-state index contributed by atoms with van der Waals surface area (Å²) in [5.74, 6) is -0.730. The maximum atomic E-state index is 13.0. The number of nitrogens with zero attached hydrogens (tertiary/aromatic N) is 2. The molecule has 2 unspecified atom stereocenters. The molecule has 1 saturated carbocycles. The number of hydrogen-bond donors (Lipinski definition) is 2. The van der Waals surface area contributed by atoms with E-state index in [1.165, 1.54) is 11.3 Å². The summed E-state index contributed by atoms with van der Waals surface area (Å²) >= 11 is 13.5. The number of aromatic nitrogens is 1. The lowest BCUT2D eigenvalue weighted by Crippen LogP contribution is -2.54. The molecule has 2 N–H and O–H groups in total. The third-order valence-corrected chi connectivity index (χ3v) is 7.49. The van der Waals surface area contributed by atoms with Crippen LogP contribution in [0.3, 0.4) is 0 Å². The minimum Gasteiger partial charge on any atom is -0.323 e. The minimum atomic E-state index is -0.875. The van der Waals surface area contributed by atoms with Crippen LogP contribution in [-0.4, -0.2) is 39.8 Å². The zero-order valence-electron chi connectivity index (χ0n) is 16.9. The van der Waals surface area contributed by atoms with Crippen molar-refractivity contribution < 1.29 is 14.4 Å². The Bertz CT molecular complexity index is 1040. The van der Waals surface area contributed by atoms with Crippen LogP contribution < -0.4 is 10.6 Å². The zero-order chi connectivity index (χ0) is 22.2. The van der Waals surface area contributed by atoms with Crippen LogP contribution in [0.1, 0.15) is 43.0 Å². The quantitative estimate of drug-likeness (QED) is 0.617. The summed E-state index contributed by atoms with van der Waals surface area (Å²) in [7, 11) is 0. The second-order valence-electron chi connectivity index (χ2n) is 8.03. The molecule has 164 valence electrons. The number of anilines is 1. The van der Waals surface area contributed by atoms with E-state index in [0.717, 1.165) is 34.6 Å². The highest BCUT2D eigenvalue weighted by Crippen LogP contribution is 2.38. The number of halogens is 2. The molecular formula is C21H22Cl2N4O3S. The van der Waals surface area contributed by atoms with Gasteiger partial charge in [-0.1, -0.05) is 43.0 Å². The summed E-state index contributed by atoms with van der Waals surface area (Å²) in [6, 6.07) is 4.74. The van der Waals surface area contributed by atoms with Gasteiger partial charge < -0.3 is 10.6 Å². The van der Waals surface area contributed by atoms with E-state index in [9.17, 15) is 14.4 Å². The first kappa shape index (κ1) is 22.0. The van der Waals surface area contributed by atoms with Crippen LogP contribution in [0.2, 0.25) is 10.0 Å². The van der Waals surface area contributed by atoms with E-state index in [0.29, 0.717) is 28.0 Å². The van der Waals surface area contributed by atoms with Crippen molar-refractivity contribution in [2.24, 2.45) is 5.92 Å². The fourth-order valence-electron chi connectivity index (χ4n) is 4.25. The number of carbonyl (C=O) groups excluding carboxylic acids is 3. The van der Waals surface area contributed by atoms with Crippen LogP contribution in [0.5, 0.6) is 0 Å². The van der Waals surface area contributed by atoms with Crippen LogP contribution in [0.4, 0.5) is 9.93 Å². The lowest BCUT2D eigenvalue weighted by molar-refractivity contribution is -0.136. The van der Waals surface area contributed by atoms with Crippen LogP contribution in [0, 0.1) is 5.92 Å². The first-order valence-electron chi connectivity index (χ1n) is 10.1. The average molecular weight is 481 g/mol. The van der Waals surface area contributed by atoms with Crippen molar-refractivity contribution in [2.75, 3.05) is 11.9 Å². The van der Waals surface area contributed by atoms with Crippen LogP contribution in [0.25, 0.3) is 0 Å². The van der Waals surface area contributed by atoms with Gasteiger partial charge in [0, 0.05) is 27.5 Å². The number of nitrogens with one attached hydrogen (secondary N) is 2. The second kappa shape index (κ2) is 8.76. The predicted molar refractivity (Wildman–Crippen MR) is 121 cm³/mol. The molecule has 7 nitrogen and oxygen atoms in total. The maximum absolute atomic E-state index is 13.0. The van der Waals surface area contributed by atoms with Gasteiger partial charge in [0.1, 0.15) is 12.1 Å². The van der Waals surface area contributed by atoms with E-state index < -0.39 is 17.5 Å². The predicted octanol–water partition coefficient (Wildman–Crippen LogP) is 4.48. The Balaban J connectivity index is 1.39. The molecule has 1 aliphatic carbocycles. The van der Waals surface area contributed by atoms with Crippen molar-refractivity contribution in [3.05, 3.63) is 44.9 Å². The number of thiazole rings is 1. The largest absolute Gasteiger partial charge is 0.325 e. The minimum absolute atomic E-state index is 0.0468. The lowest BCUT2D eigenvalue weighted by Gasteiger charge is -2.36. The Hall–Kier alpha value is -2.16. The molecule has 0 radical (unpaired) electrons. The summed E-state index contributed by atoms with van der Waals surface area (Å²) in [5, 5.41) is 7.12. The Morgan fingerprint density at radius 1 is 1.35 bits per heavy atom. The first-order chi connectivity index (χ1) is 14.8. The normalized spacial score (nSPS) is 23.3. The van der Waals surface area contributed by atoms with Gasteiger partial charge in [0.2, 0.25) is 5.91 Å². The van der Waals surface area contributed by atoms with E-state index in [-0.39, 0.29) is 18.4 Å². The number of rotatable bonds is 5. The number of imide groups is 1. The van der Waals surface area contributed by atoms with Gasteiger partial charge in [0.05, 0.1) is 0 Å². The number of carbonyl (C=O) groups is 3. The summed E-state index contributed by atoms with van der Waals surface area (Å²) in [6.07, 6.45) is 5.60. The Kier molecular flexibility index (Phi) is 6.23. The van der Waals surface area contributed by atoms with Crippen LogP contribution in [-0.2, 0) is 16.0 Å². The lowest BCUT2D eigenvalue weighted by atomic mass is 9.73. The van der Waals surface area contributed by atoms with Gasteiger partial charge in [-0.25, -0.2) is 9.78 Å². The number of benzene rings is 1. The molecule has 1 aromatic carbocycles. The first-order valence-corrected chi connectivity index (χ1v) is 11.7. The summed E-state index contributed by atoms with van der Waals surface area (Å²) in [6.45, 7) is 1.64. The average Bonchev–Trinajstić information content (AvgIpc) is 3.25. The molecule has 2 heterocycles. The molecular weight excluding hydrogens is 459 g/mol. The molecule has 1 saturated heterocycles. The molecule has 1 aromatic heterocycles. The Morgan fingerprint density at radius 3 is 2.94 bits per heavy atom. The molecule has 2 atom stereocenters. The van der Waals surface area contributed by atoms with Gasteiger partial charge in [-0.2, -0.15) is 0 Å². The molecule has 0 bridgehead atoms. The molecule has 2 fully saturated rings. The maximum Gasteiger partial charge on any atom is 0.325 e. The fraction of sp³-hybridized carbons (Fsp3) is 0.429. The number of amides is 4. The monoisotopic (exact) mass is 480 g/mol. The highest BCUT2D eigenvalue weighted by atomic mass is 35.5. The molecule has 2 aromatic rings. The molecule has 10 heteroatoms.